The second-order valence-corrected chi connectivity index (χ2v) is 6.70. The normalized spacial score (nSPS) is 19.4. The summed E-state index contributed by atoms with van der Waals surface area (Å²) in [5, 5.41) is 12.9. The highest BCUT2D eigenvalue weighted by atomic mass is 35.5. The van der Waals surface area contributed by atoms with Gasteiger partial charge in [0.05, 0.1) is 0 Å². The van der Waals surface area contributed by atoms with E-state index in [1.54, 1.807) is 6.07 Å². The summed E-state index contributed by atoms with van der Waals surface area (Å²) in [5.41, 5.74) is -0.556. The summed E-state index contributed by atoms with van der Waals surface area (Å²) in [4.78, 5) is 11.6. The van der Waals surface area contributed by atoms with E-state index in [1.165, 1.54) is 36.4 Å². The van der Waals surface area contributed by atoms with Gasteiger partial charge in [0.2, 0.25) is 5.91 Å². The number of carbonyl (C=O) groups excluding carboxylic acids is 1. The highest BCUT2D eigenvalue weighted by Gasteiger charge is 2.62. The van der Waals surface area contributed by atoms with E-state index in [2.05, 4.69) is 5.32 Å². The lowest BCUT2D eigenvalue weighted by molar-refractivity contribution is -0.318. The first kappa shape index (κ1) is 19.5. The van der Waals surface area contributed by atoms with E-state index in [0.717, 1.165) is 6.92 Å². The van der Waals surface area contributed by atoms with Gasteiger partial charge >= 0.3 is 12.0 Å². The fraction of sp³-hybridized carbons (Fsp3) is 0.167. The molecule has 2 aromatic carbocycles. The molecule has 1 aliphatic heterocycles. The van der Waals surface area contributed by atoms with Crippen LogP contribution in [0.3, 0.4) is 0 Å². The number of carbonyl (C=O) groups is 1. The molecule has 0 aliphatic carbocycles. The third kappa shape index (κ3) is 3.50. The summed E-state index contributed by atoms with van der Waals surface area (Å²) in [6.45, 7) is 1.02. The highest BCUT2D eigenvalue weighted by molar-refractivity contribution is 6.35. The van der Waals surface area contributed by atoms with E-state index in [0.29, 0.717) is 0 Å². The maximum Gasteiger partial charge on any atom is 0.462 e. The van der Waals surface area contributed by atoms with Crippen molar-refractivity contribution in [1.82, 2.24) is 5.32 Å². The van der Waals surface area contributed by atoms with Gasteiger partial charge < -0.3 is 15.2 Å². The smallest absolute Gasteiger partial charge is 0.448 e. The number of aliphatic hydroxyl groups is 1. The molecule has 1 amide bonds. The molecule has 0 aromatic heterocycles. The molecule has 1 unspecified atom stereocenters. The number of benzene rings is 2. The third-order valence-corrected chi connectivity index (χ3v) is 4.28. The molecule has 1 aliphatic rings. The van der Waals surface area contributed by atoms with Crippen LogP contribution in [-0.2, 0) is 4.79 Å². The molecule has 142 valence electrons. The SMILES string of the molecule is CC(=O)NC1=C(c2cc(Cl)cc(Cl)c2)c2ccccc2OC1(O)C(F)(F)F. The van der Waals surface area contributed by atoms with Crippen LogP contribution in [0.1, 0.15) is 18.1 Å². The molecule has 9 heteroatoms. The number of halogens is 5. The monoisotopic (exact) mass is 417 g/mol. The molecule has 0 bridgehead atoms. The van der Waals surface area contributed by atoms with Crippen molar-refractivity contribution < 1.29 is 27.8 Å². The molecule has 3 rings (SSSR count). The lowest BCUT2D eigenvalue weighted by Crippen LogP contribution is -2.57. The molecule has 0 saturated heterocycles. The number of fused-ring (bicyclic) bond motifs is 1. The van der Waals surface area contributed by atoms with Crippen molar-refractivity contribution in [3.05, 3.63) is 69.3 Å². The molecule has 4 nitrogen and oxygen atoms in total. The molecule has 2 N–H and O–H groups in total. The van der Waals surface area contributed by atoms with E-state index in [1.807, 2.05) is 0 Å². The van der Waals surface area contributed by atoms with Gasteiger partial charge in [0.1, 0.15) is 11.4 Å². The molecular formula is C18H12Cl2F3NO3. The average Bonchev–Trinajstić information content (AvgIpc) is 2.53. The van der Waals surface area contributed by atoms with Gasteiger partial charge in [-0.05, 0) is 29.8 Å². The van der Waals surface area contributed by atoms with Gasteiger partial charge in [-0.15, -0.1) is 0 Å². The van der Waals surface area contributed by atoms with Gasteiger partial charge in [0.25, 0.3) is 0 Å². The summed E-state index contributed by atoms with van der Waals surface area (Å²) in [5.74, 6) is -4.80. The third-order valence-electron chi connectivity index (χ3n) is 3.84. The second-order valence-electron chi connectivity index (χ2n) is 5.83. The molecular weight excluding hydrogens is 406 g/mol. The Balaban J connectivity index is 2.43. The van der Waals surface area contributed by atoms with Gasteiger partial charge in [-0.1, -0.05) is 41.4 Å². The Labute approximate surface area is 162 Å². The number of nitrogens with one attached hydrogen (secondary N) is 1. The zero-order valence-corrected chi connectivity index (χ0v) is 15.2. The van der Waals surface area contributed by atoms with Crippen LogP contribution in [0, 0.1) is 0 Å². The van der Waals surface area contributed by atoms with Gasteiger partial charge in [-0.3, -0.25) is 4.79 Å². The number of hydrogen-bond acceptors (Lipinski definition) is 3. The quantitative estimate of drug-likeness (QED) is 0.754. The van der Waals surface area contributed by atoms with Gasteiger partial charge in [0, 0.05) is 28.1 Å². The molecule has 27 heavy (non-hydrogen) atoms. The zero-order valence-electron chi connectivity index (χ0n) is 13.7. The Morgan fingerprint density at radius 2 is 1.74 bits per heavy atom. The van der Waals surface area contributed by atoms with Gasteiger partial charge in [0.15, 0.2) is 0 Å². The molecule has 0 fully saturated rings. The van der Waals surface area contributed by atoms with E-state index in [4.69, 9.17) is 27.9 Å². The Hall–Kier alpha value is -2.22. The first-order chi connectivity index (χ1) is 12.5. The van der Waals surface area contributed by atoms with Gasteiger partial charge in [-0.2, -0.15) is 13.2 Å². The Morgan fingerprint density at radius 3 is 2.30 bits per heavy atom. The Morgan fingerprint density at radius 1 is 1.15 bits per heavy atom. The number of alkyl halides is 3. The van der Waals surface area contributed by atoms with Crippen LogP contribution in [0.15, 0.2) is 48.2 Å². The fourth-order valence-electron chi connectivity index (χ4n) is 2.80. The van der Waals surface area contributed by atoms with E-state index in [-0.39, 0.29) is 32.5 Å². The van der Waals surface area contributed by atoms with Crippen molar-refractivity contribution in [1.29, 1.82) is 0 Å². The first-order valence-corrected chi connectivity index (χ1v) is 8.35. The van der Waals surface area contributed by atoms with Crippen LogP contribution in [-0.4, -0.2) is 23.0 Å². The lowest BCUT2D eigenvalue weighted by Gasteiger charge is -2.38. The minimum absolute atomic E-state index is 0.101. The number of ether oxygens (including phenoxy) is 1. The topological polar surface area (TPSA) is 58.6 Å². The molecule has 2 aromatic rings. The largest absolute Gasteiger partial charge is 0.462 e. The number of amides is 1. The Bertz CT molecular complexity index is 939. The van der Waals surface area contributed by atoms with E-state index >= 15 is 0 Å². The molecule has 0 saturated carbocycles. The molecule has 0 spiro atoms. The van der Waals surface area contributed by atoms with Crippen LogP contribution in [0.2, 0.25) is 10.0 Å². The molecule has 1 atom stereocenters. The zero-order chi connectivity index (χ0) is 20.0. The lowest BCUT2D eigenvalue weighted by atomic mass is 9.89. The van der Waals surface area contributed by atoms with Crippen LogP contribution in [0.5, 0.6) is 5.75 Å². The minimum Gasteiger partial charge on any atom is -0.448 e. The highest BCUT2D eigenvalue weighted by Crippen LogP contribution is 2.48. The van der Waals surface area contributed by atoms with E-state index < -0.39 is 23.6 Å². The van der Waals surface area contributed by atoms with Crippen molar-refractivity contribution in [2.24, 2.45) is 0 Å². The average molecular weight is 418 g/mol. The first-order valence-electron chi connectivity index (χ1n) is 7.59. The molecule has 0 radical (unpaired) electrons. The van der Waals surface area contributed by atoms with Gasteiger partial charge in [-0.25, -0.2) is 0 Å². The van der Waals surface area contributed by atoms with Crippen LogP contribution in [0.4, 0.5) is 13.2 Å². The van der Waals surface area contributed by atoms with Crippen LogP contribution in [0.25, 0.3) is 5.57 Å². The van der Waals surface area contributed by atoms with Crippen LogP contribution >= 0.6 is 23.2 Å². The summed E-state index contributed by atoms with van der Waals surface area (Å²) >= 11 is 12.0. The molecule has 1 heterocycles. The predicted molar refractivity (Wildman–Crippen MR) is 94.4 cm³/mol. The summed E-state index contributed by atoms with van der Waals surface area (Å²) in [7, 11) is 0. The number of para-hydroxylation sites is 1. The van der Waals surface area contributed by atoms with Crippen molar-refractivity contribution >= 4 is 34.7 Å². The van der Waals surface area contributed by atoms with Crippen molar-refractivity contribution in [3.8, 4) is 5.75 Å². The van der Waals surface area contributed by atoms with Crippen LogP contribution < -0.4 is 10.1 Å². The fourth-order valence-corrected chi connectivity index (χ4v) is 3.32. The maximum atomic E-state index is 13.8. The summed E-state index contributed by atoms with van der Waals surface area (Å²) in [6, 6.07) is 9.98. The Kier molecular flexibility index (Phi) is 4.88. The van der Waals surface area contributed by atoms with E-state index in [9.17, 15) is 23.1 Å². The van der Waals surface area contributed by atoms with Crippen molar-refractivity contribution in [2.45, 2.75) is 18.9 Å². The standard InChI is InChI=1S/C18H12Cl2F3NO3/c1-9(25)24-16-15(10-6-11(19)8-12(20)7-10)13-4-2-3-5-14(13)27-17(16,26)18(21,22)23/h2-8,26H,1H3,(H,24,25). The predicted octanol–water partition coefficient (Wildman–Crippen LogP) is 4.53. The summed E-state index contributed by atoms with van der Waals surface area (Å²) in [6.07, 6.45) is -5.24. The maximum absolute atomic E-state index is 13.8. The minimum atomic E-state index is -5.24. The van der Waals surface area contributed by atoms with Crippen molar-refractivity contribution in [3.63, 3.8) is 0 Å². The second kappa shape index (κ2) is 6.74. The van der Waals surface area contributed by atoms with Crippen molar-refractivity contribution in [2.75, 3.05) is 0 Å². The summed E-state index contributed by atoms with van der Waals surface area (Å²) < 4.78 is 46.2. The number of rotatable bonds is 2. The number of hydrogen-bond donors (Lipinski definition) is 2.